The second-order valence-electron chi connectivity index (χ2n) is 11.2. The van der Waals surface area contributed by atoms with E-state index < -0.39 is 5.79 Å². The lowest BCUT2D eigenvalue weighted by molar-refractivity contribution is -0.365. The summed E-state index contributed by atoms with van der Waals surface area (Å²) in [6.45, 7) is 9.13. The highest BCUT2D eigenvalue weighted by molar-refractivity contribution is 5.85. The standard InChI is InChI=1S/C22H34O4/c1-19(2)8-7-17-22(12-25-20(3,4)26-17)15-6-5-13-9-16(24)21(15,10-13)11-14(23)18(19)22/h13,15-18,24H,5-12H2,1-4H3/t13-,15+,16-,17+,18-,21-,22+/m0/s1. The Morgan fingerprint density at radius 1 is 1.12 bits per heavy atom. The minimum absolute atomic E-state index is 0.00942. The zero-order valence-corrected chi connectivity index (χ0v) is 16.7. The minimum atomic E-state index is -0.582. The van der Waals surface area contributed by atoms with Crippen LogP contribution in [0.3, 0.4) is 0 Å². The van der Waals surface area contributed by atoms with Crippen molar-refractivity contribution in [3.8, 4) is 0 Å². The van der Waals surface area contributed by atoms with Crippen molar-refractivity contribution in [1.82, 2.24) is 0 Å². The van der Waals surface area contributed by atoms with Gasteiger partial charge in [-0.1, -0.05) is 20.3 Å². The summed E-state index contributed by atoms with van der Waals surface area (Å²) in [6.07, 6.45) is 6.53. The van der Waals surface area contributed by atoms with Gasteiger partial charge in [0.05, 0.1) is 18.8 Å². The van der Waals surface area contributed by atoms with Crippen molar-refractivity contribution in [2.75, 3.05) is 6.61 Å². The number of aliphatic hydroxyl groups excluding tert-OH is 1. The van der Waals surface area contributed by atoms with Crippen molar-refractivity contribution >= 4 is 5.78 Å². The largest absolute Gasteiger partial charge is 0.393 e. The molecule has 26 heavy (non-hydrogen) atoms. The van der Waals surface area contributed by atoms with Gasteiger partial charge in [-0.25, -0.2) is 0 Å². The van der Waals surface area contributed by atoms with E-state index in [1.807, 2.05) is 13.8 Å². The first-order chi connectivity index (χ1) is 12.1. The fourth-order valence-electron chi connectivity index (χ4n) is 8.25. The molecular formula is C22H34O4. The van der Waals surface area contributed by atoms with Crippen LogP contribution in [0.2, 0.25) is 0 Å². The molecule has 1 N–H and O–H groups in total. The monoisotopic (exact) mass is 362 g/mol. The van der Waals surface area contributed by atoms with Gasteiger partial charge in [0, 0.05) is 23.2 Å². The van der Waals surface area contributed by atoms with Gasteiger partial charge in [0.25, 0.3) is 0 Å². The van der Waals surface area contributed by atoms with Crippen LogP contribution in [0.5, 0.6) is 0 Å². The van der Waals surface area contributed by atoms with Gasteiger partial charge in [-0.15, -0.1) is 0 Å². The molecule has 2 spiro atoms. The number of hydrogen-bond donors (Lipinski definition) is 1. The maximum absolute atomic E-state index is 13.6. The van der Waals surface area contributed by atoms with Crippen molar-refractivity contribution in [3.63, 3.8) is 0 Å². The van der Waals surface area contributed by atoms with Crippen molar-refractivity contribution in [2.45, 2.75) is 90.6 Å². The highest BCUT2D eigenvalue weighted by atomic mass is 16.7. The molecular weight excluding hydrogens is 328 g/mol. The number of ketones is 1. The molecule has 0 radical (unpaired) electrons. The third-order valence-corrected chi connectivity index (χ3v) is 8.99. The fraction of sp³-hybridized carbons (Fsp3) is 0.955. The predicted octanol–water partition coefficient (Wildman–Crippen LogP) is 3.70. The Balaban J connectivity index is 1.67. The number of fused-ring (bicyclic) bond motifs is 1. The van der Waals surface area contributed by atoms with Crippen LogP contribution < -0.4 is 0 Å². The number of Topliss-reactive ketones (excluding diaryl/α,β-unsaturated/α-hetero) is 1. The Kier molecular flexibility index (Phi) is 3.48. The number of hydrogen-bond acceptors (Lipinski definition) is 4. The molecule has 5 aliphatic rings. The first kappa shape index (κ1) is 17.6. The molecule has 5 rings (SSSR count). The van der Waals surface area contributed by atoms with Crippen LogP contribution in [-0.4, -0.2) is 35.5 Å². The predicted molar refractivity (Wildman–Crippen MR) is 97.4 cm³/mol. The van der Waals surface area contributed by atoms with Gasteiger partial charge in [-0.05, 0) is 63.2 Å². The molecule has 2 bridgehead atoms. The quantitative estimate of drug-likeness (QED) is 0.714. The molecule has 0 aromatic heterocycles. The lowest BCUT2D eigenvalue weighted by Gasteiger charge is -2.68. The zero-order chi connectivity index (χ0) is 18.5. The van der Waals surface area contributed by atoms with E-state index in [0.29, 0.717) is 30.6 Å². The zero-order valence-electron chi connectivity index (χ0n) is 16.7. The summed E-state index contributed by atoms with van der Waals surface area (Å²) in [5.74, 6) is 0.710. The molecule has 0 aromatic rings. The van der Waals surface area contributed by atoms with E-state index in [9.17, 15) is 9.90 Å². The van der Waals surface area contributed by atoms with Gasteiger partial charge in [-0.3, -0.25) is 4.79 Å². The lowest BCUT2D eigenvalue weighted by atomic mass is 9.39. The highest BCUT2D eigenvalue weighted by Crippen LogP contribution is 2.71. The van der Waals surface area contributed by atoms with Gasteiger partial charge >= 0.3 is 0 Å². The van der Waals surface area contributed by atoms with Crippen LogP contribution in [-0.2, 0) is 14.3 Å². The van der Waals surface area contributed by atoms with Gasteiger partial charge in [0.1, 0.15) is 5.78 Å². The van der Waals surface area contributed by atoms with Crippen LogP contribution in [0.4, 0.5) is 0 Å². The van der Waals surface area contributed by atoms with E-state index in [1.54, 1.807) is 0 Å². The van der Waals surface area contributed by atoms with E-state index in [1.165, 1.54) is 6.42 Å². The summed E-state index contributed by atoms with van der Waals surface area (Å²) in [6, 6.07) is 0. The van der Waals surface area contributed by atoms with E-state index in [4.69, 9.17) is 9.47 Å². The van der Waals surface area contributed by atoms with Gasteiger partial charge in [-0.2, -0.15) is 0 Å². The van der Waals surface area contributed by atoms with Crippen LogP contribution in [0, 0.1) is 34.0 Å². The molecule has 4 saturated carbocycles. The minimum Gasteiger partial charge on any atom is -0.393 e. The van der Waals surface area contributed by atoms with E-state index in [0.717, 1.165) is 32.1 Å². The molecule has 1 aliphatic heterocycles. The van der Waals surface area contributed by atoms with Crippen LogP contribution in [0.25, 0.3) is 0 Å². The second-order valence-corrected chi connectivity index (χ2v) is 11.2. The molecule has 0 aromatic carbocycles. The molecule has 0 amide bonds. The van der Waals surface area contributed by atoms with Gasteiger partial charge in [0.2, 0.25) is 0 Å². The number of aliphatic hydroxyl groups is 1. The first-order valence-corrected chi connectivity index (χ1v) is 10.6. The average Bonchev–Trinajstić information content (AvgIpc) is 2.76. The van der Waals surface area contributed by atoms with Crippen LogP contribution in [0.1, 0.15) is 72.6 Å². The topological polar surface area (TPSA) is 55.8 Å². The molecule has 5 fully saturated rings. The highest BCUT2D eigenvalue weighted by Gasteiger charge is 2.73. The number of carbonyl (C=O) groups excluding carboxylic acids is 1. The smallest absolute Gasteiger partial charge is 0.163 e. The third-order valence-electron chi connectivity index (χ3n) is 8.99. The van der Waals surface area contributed by atoms with E-state index in [-0.39, 0.29) is 34.4 Å². The van der Waals surface area contributed by atoms with Crippen molar-refractivity contribution in [2.24, 2.45) is 34.0 Å². The molecule has 0 unspecified atom stereocenters. The molecule has 4 aliphatic carbocycles. The number of ether oxygens (including phenoxy) is 2. The van der Waals surface area contributed by atoms with E-state index in [2.05, 4.69) is 13.8 Å². The Morgan fingerprint density at radius 2 is 1.88 bits per heavy atom. The third kappa shape index (κ3) is 2.04. The maximum atomic E-state index is 13.6. The Hall–Kier alpha value is -0.450. The summed E-state index contributed by atoms with van der Waals surface area (Å²) in [5, 5.41) is 11.1. The molecule has 7 atom stereocenters. The van der Waals surface area contributed by atoms with Gasteiger partial charge in [0.15, 0.2) is 5.79 Å². The Bertz CT molecular complexity index is 640. The molecule has 146 valence electrons. The maximum Gasteiger partial charge on any atom is 0.163 e. The normalized spacial score (nSPS) is 54.2. The SMILES string of the molecule is CC1(C)OC[C@]23[C@@H]4CC[C@H]5C[C@H](O)[C@]4(CC(=O)[C@H]2C(C)(C)CC[C@H]3O1)C5. The second kappa shape index (κ2) is 5.12. The molecule has 4 heteroatoms. The Labute approximate surface area is 157 Å². The van der Waals surface area contributed by atoms with E-state index >= 15 is 0 Å². The summed E-state index contributed by atoms with van der Waals surface area (Å²) in [5.41, 5.74) is -0.511. The summed E-state index contributed by atoms with van der Waals surface area (Å²) < 4.78 is 12.8. The number of rotatable bonds is 0. The van der Waals surface area contributed by atoms with Crippen molar-refractivity contribution < 1.29 is 19.4 Å². The number of carbonyl (C=O) groups is 1. The summed E-state index contributed by atoms with van der Waals surface area (Å²) >= 11 is 0. The fourth-order valence-corrected chi connectivity index (χ4v) is 8.25. The first-order valence-electron chi connectivity index (χ1n) is 10.6. The molecule has 1 heterocycles. The van der Waals surface area contributed by atoms with Crippen molar-refractivity contribution in [1.29, 1.82) is 0 Å². The summed E-state index contributed by atoms with van der Waals surface area (Å²) in [4.78, 5) is 13.6. The van der Waals surface area contributed by atoms with Crippen LogP contribution in [0.15, 0.2) is 0 Å². The van der Waals surface area contributed by atoms with Crippen molar-refractivity contribution in [3.05, 3.63) is 0 Å². The summed E-state index contributed by atoms with van der Waals surface area (Å²) in [7, 11) is 0. The lowest BCUT2D eigenvalue weighted by Crippen LogP contribution is -2.72. The average molecular weight is 363 g/mol. The van der Waals surface area contributed by atoms with Crippen LogP contribution >= 0.6 is 0 Å². The Morgan fingerprint density at radius 3 is 2.65 bits per heavy atom. The molecule has 4 nitrogen and oxygen atoms in total. The molecule has 1 saturated heterocycles. The van der Waals surface area contributed by atoms with Gasteiger partial charge < -0.3 is 14.6 Å².